The van der Waals surface area contributed by atoms with Crippen LogP contribution in [0.4, 0.5) is 5.69 Å². The summed E-state index contributed by atoms with van der Waals surface area (Å²) in [5.74, 6) is 0.431. The number of anilines is 1. The molecule has 8 nitrogen and oxygen atoms in total. The monoisotopic (exact) mass is 495 g/mol. The number of fused-ring (bicyclic) bond motifs is 1. The molecule has 2 aromatic heterocycles. The first kappa shape index (κ1) is 23.7. The Balaban J connectivity index is 1.69. The van der Waals surface area contributed by atoms with E-state index in [2.05, 4.69) is 20.3 Å². The highest BCUT2D eigenvalue weighted by atomic mass is 35.5. The Bertz CT molecular complexity index is 1390. The molecular weight excluding hydrogens is 474 g/mol. The fourth-order valence-corrected chi connectivity index (χ4v) is 4.52. The lowest BCUT2D eigenvalue weighted by atomic mass is 10.2. The van der Waals surface area contributed by atoms with Crippen LogP contribution in [-0.4, -0.2) is 37.8 Å². The van der Waals surface area contributed by atoms with E-state index in [1.165, 1.54) is 28.7 Å². The molecule has 0 aliphatic rings. The standard InChI is InChI=1S/C24H22ClN5O3S/c1-3-19(22(31)28-16-8-6-9-17(13-16)33-2)34-24-29-21-20(26-11-12-27-21)23(32)30(24)14-15-7-4-5-10-18(15)25/h4-13,19H,3,14H2,1-2H3,(H,28,31)/t19-/m1/s1. The summed E-state index contributed by atoms with van der Waals surface area (Å²) in [5, 5.41) is 3.31. The zero-order valence-electron chi connectivity index (χ0n) is 18.6. The van der Waals surface area contributed by atoms with Crippen molar-refractivity contribution in [2.75, 3.05) is 12.4 Å². The van der Waals surface area contributed by atoms with E-state index in [1.807, 2.05) is 25.1 Å². The van der Waals surface area contributed by atoms with Crippen LogP contribution in [0.2, 0.25) is 5.02 Å². The Morgan fingerprint density at radius 3 is 2.74 bits per heavy atom. The molecular formula is C24H22ClN5O3S. The third-order valence-electron chi connectivity index (χ3n) is 5.09. The summed E-state index contributed by atoms with van der Waals surface area (Å²) in [5.41, 5.74) is 1.42. The second-order valence-electron chi connectivity index (χ2n) is 7.34. The number of aromatic nitrogens is 4. The number of hydrogen-bond donors (Lipinski definition) is 1. The van der Waals surface area contributed by atoms with Crippen LogP contribution in [0.3, 0.4) is 0 Å². The molecule has 0 radical (unpaired) electrons. The van der Waals surface area contributed by atoms with Gasteiger partial charge in [-0.25, -0.2) is 15.0 Å². The van der Waals surface area contributed by atoms with Crippen molar-refractivity contribution in [1.29, 1.82) is 0 Å². The predicted molar refractivity (Wildman–Crippen MR) is 134 cm³/mol. The molecule has 0 spiro atoms. The first-order valence-electron chi connectivity index (χ1n) is 10.6. The van der Waals surface area contributed by atoms with Gasteiger partial charge < -0.3 is 10.1 Å². The van der Waals surface area contributed by atoms with Crippen LogP contribution >= 0.6 is 23.4 Å². The number of carbonyl (C=O) groups is 1. The van der Waals surface area contributed by atoms with Crippen molar-refractivity contribution in [2.45, 2.75) is 30.3 Å². The number of hydrogen-bond acceptors (Lipinski definition) is 7. The number of thioether (sulfide) groups is 1. The summed E-state index contributed by atoms with van der Waals surface area (Å²) in [7, 11) is 1.57. The first-order chi connectivity index (χ1) is 16.5. The number of benzene rings is 2. The van der Waals surface area contributed by atoms with Crippen LogP contribution < -0.4 is 15.6 Å². The lowest BCUT2D eigenvalue weighted by molar-refractivity contribution is -0.115. The normalized spacial score (nSPS) is 11.9. The summed E-state index contributed by atoms with van der Waals surface area (Å²) < 4.78 is 6.72. The summed E-state index contributed by atoms with van der Waals surface area (Å²) in [6.07, 6.45) is 3.45. The Hall–Kier alpha value is -3.43. The summed E-state index contributed by atoms with van der Waals surface area (Å²) >= 11 is 7.56. The van der Waals surface area contributed by atoms with Crippen molar-refractivity contribution < 1.29 is 9.53 Å². The molecule has 1 N–H and O–H groups in total. The molecule has 174 valence electrons. The molecule has 1 amide bonds. The number of nitrogens with one attached hydrogen (secondary N) is 1. The maximum atomic E-state index is 13.3. The average molecular weight is 496 g/mol. The van der Waals surface area contributed by atoms with Crippen LogP contribution in [0.5, 0.6) is 5.75 Å². The van der Waals surface area contributed by atoms with Gasteiger partial charge in [-0.3, -0.25) is 14.2 Å². The third-order valence-corrected chi connectivity index (χ3v) is 6.82. The molecule has 1 atom stereocenters. The Kier molecular flexibility index (Phi) is 7.44. The molecule has 0 unspecified atom stereocenters. The maximum Gasteiger partial charge on any atom is 0.282 e. The van der Waals surface area contributed by atoms with E-state index in [0.29, 0.717) is 28.0 Å². The van der Waals surface area contributed by atoms with Gasteiger partial charge in [0.1, 0.15) is 5.75 Å². The molecule has 0 aliphatic heterocycles. The van der Waals surface area contributed by atoms with Crippen LogP contribution in [-0.2, 0) is 11.3 Å². The minimum Gasteiger partial charge on any atom is -0.497 e. The van der Waals surface area contributed by atoms with Crippen LogP contribution in [0.25, 0.3) is 11.2 Å². The van der Waals surface area contributed by atoms with Gasteiger partial charge in [-0.2, -0.15) is 0 Å². The van der Waals surface area contributed by atoms with E-state index >= 15 is 0 Å². The molecule has 2 aromatic carbocycles. The van der Waals surface area contributed by atoms with Crippen molar-refractivity contribution in [1.82, 2.24) is 19.5 Å². The van der Waals surface area contributed by atoms with Crippen molar-refractivity contribution in [3.63, 3.8) is 0 Å². The summed E-state index contributed by atoms with van der Waals surface area (Å²) in [6.45, 7) is 2.09. The quantitative estimate of drug-likeness (QED) is 0.285. The van der Waals surface area contributed by atoms with E-state index in [4.69, 9.17) is 16.3 Å². The van der Waals surface area contributed by atoms with Crippen molar-refractivity contribution in [3.05, 3.63) is 81.9 Å². The van der Waals surface area contributed by atoms with Gasteiger partial charge in [0.15, 0.2) is 16.3 Å². The van der Waals surface area contributed by atoms with Gasteiger partial charge in [-0.1, -0.05) is 54.6 Å². The van der Waals surface area contributed by atoms with Gasteiger partial charge in [0, 0.05) is 29.2 Å². The number of nitrogens with zero attached hydrogens (tertiary/aromatic N) is 4. The topological polar surface area (TPSA) is 99.0 Å². The molecule has 2 heterocycles. The van der Waals surface area contributed by atoms with Crippen LogP contribution in [0, 0.1) is 0 Å². The van der Waals surface area contributed by atoms with Crippen LogP contribution in [0.1, 0.15) is 18.9 Å². The molecule has 0 saturated heterocycles. The minimum absolute atomic E-state index is 0.160. The number of rotatable bonds is 8. The Morgan fingerprint density at radius 2 is 1.97 bits per heavy atom. The predicted octanol–water partition coefficient (Wildman–Crippen LogP) is 4.41. The van der Waals surface area contributed by atoms with Gasteiger partial charge in [-0.05, 0) is 30.2 Å². The zero-order valence-corrected chi connectivity index (χ0v) is 20.1. The van der Waals surface area contributed by atoms with E-state index in [-0.39, 0.29) is 29.2 Å². The van der Waals surface area contributed by atoms with Gasteiger partial charge >= 0.3 is 0 Å². The second kappa shape index (κ2) is 10.7. The molecule has 10 heteroatoms. The molecule has 0 bridgehead atoms. The molecule has 4 aromatic rings. The smallest absolute Gasteiger partial charge is 0.282 e. The molecule has 0 fully saturated rings. The Labute approximate surface area is 205 Å². The zero-order chi connectivity index (χ0) is 24.1. The van der Waals surface area contributed by atoms with Gasteiger partial charge in [0.25, 0.3) is 5.56 Å². The number of halogens is 1. The van der Waals surface area contributed by atoms with Crippen LogP contribution in [0.15, 0.2) is 70.9 Å². The molecule has 4 rings (SSSR count). The van der Waals surface area contributed by atoms with Gasteiger partial charge in [-0.15, -0.1) is 0 Å². The summed E-state index contributed by atoms with van der Waals surface area (Å²) in [4.78, 5) is 39.3. The number of methoxy groups -OCH3 is 1. The lowest BCUT2D eigenvalue weighted by Crippen LogP contribution is -2.29. The van der Waals surface area contributed by atoms with Gasteiger partial charge in [0.2, 0.25) is 5.91 Å². The van der Waals surface area contributed by atoms with E-state index in [9.17, 15) is 9.59 Å². The highest BCUT2D eigenvalue weighted by Gasteiger charge is 2.23. The number of ether oxygens (including phenoxy) is 1. The third kappa shape index (κ3) is 5.21. The minimum atomic E-state index is -0.510. The van der Waals surface area contributed by atoms with Gasteiger partial charge in [0.05, 0.1) is 18.9 Å². The SMILES string of the molecule is CC[C@@H](Sc1nc2nccnc2c(=O)n1Cc1ccccc1Cl)C(=O)Nc1cccc(OC)c1. The van der Waals surface area contributed by atoms with E-state index in [0.717, 1.165) is 5.56 Å². The van der Waals surface area contributed by atoms with Crippen molar-refractivity contribution in [3.8, 4) is 5.75 Å². The number of amides is 1. The van der Waals surface area contributed by atoms with Crippen molar-refractivity contribution in [2.24, 2.45) is 0 Å². The highest BCUT2D eigenvalue weighted by molar-refractivity contribution is 8.00. The lowest BCUT2D eigenvalue weighted by Gasteiger charge is -2.18. The highest BCUT2D eigenvalue weighted by Crippen LogP contribution is 2.27. The molecule has 34 heavy (non-hydrogen) atoms. The van der Waals surface area contributed by atoms with E-state index < -0.39 is 5.25 Å². The summed E-state index contributed by atoms with van der Waals surface area (Å²) in [6, 6.07) is 14.4. The second-order valence-corrected chi connectivity index (χ2v) is 8.92. The van der Waals surface area contributed by atoms with E-state index in [1.54, 1.807) is 37.4 Å². The largest absolute Gasteiger partial charge is 0.497 e. The molecule has 0 saturated carbocycles. The average Bonchev–Trinajstić information content (AvgIpc) is 2.85. The maximum absolute atomic E-state index is 13.3. The van der Waals surface area contributed by atoms with Crippen molar-refractivity contribution >= 4 is 46.1 Å². The Morgan fingerprint density at radius 1 is 1.18 bits per heavy atom. The fourth-order valence-electron chi connectivity index (χ4n) is 3.33. The molecule has 0 aliphatic carbocycles. The fraction of sp³-hybridized carbons (Fsp3) is 0.208. The first-order valence-corrected chi connectivity index (χ1v) is 11.8. The number of carbonyl (C=O) groups excluding carboxylic acids is 1.